The molecule has 5 nitrogen and oxygen atoms in total. The van der Waals surface area contributed by atoms with Crippen molar-refractivity contribution in [1.82, 2.24) is 0 Å². The molecule has 1 saturated carbocycles. The lowest BCUT2D eigenvalue weighted by Gasteiger charge is -2.34. The number of anilines is 1. The minimum atomic E-state index is -0.464. The van der Waals surface area contributed by atoms with Crippen LogP contribution in [0.4, 0.5) is 5.69 Å². The van der Waals surface area contributed by atoms with Gasteiger partial charge in [-0.3, -0.25) is 4.79 Å². The van der Waals surface area contributed by atoms with Crippen LogP contribution in [-0.4, -0.2) is 39.4 Å². The molecule has 1 aromatic carbocycles. The number of methoxy groups -OCH3 is 3. The van der Waals surface area contributed by atoms with Gasteiger partial charge in [-0.15, -0.1) is 0 Å². The van der Waals surface area contributed by atoms with E-state index in [1.54, 1.807) is 21.3 Å². The van der Waals surface area contributed by atoms with E-state index in [-0.39, 0.29) is 17.7 Å². The Morgan fingerprint density at radius 3 is 2.32 bits per heavy atom. The maximum Gasteiger partial charge on any atom is 0.177 e. The number of ketones is 1. The third-order valence-corrected chi connectivity index (χ3v) is 4.22. The van der Waals surface area contributed by atoms with Crippen molar-refractivity contribution in [1.29, 1.82) is 0 Å². The number of benzene rings is 1. The molecule has 0 amide bonds. The highest BCUT2D eigenvalue weighted by atomic mass is 16.7. The average Bonchev–Trinajstić information content (AvgIpc) is 2.56. The zero-order chi connectivity index (χ0) is 15.9. The molecule has 1 aromatic rings. The molecule has 0 aromatic heterocycles. The molecule has 1 fully saturated rings. The molecule has 22 heavy (non-hydrogen) atoms. The highest BCUT2D eigenvalue weighted by Crippen LogP contribution is 2.29. The Morgan fingerprint density at radius 1 is 1.09 bits per heavy atom. The summed E-state index contributed by atoms with van der Waals surface area (Å²) in [6, 6.07) is 7.44. The minimum absolute atomic E-state index is 0.0826. The van der Waals surface area contributed by atoms with Crippen LogP contribution in [0.15, 0.2) is 24.3 Å². The lowest BCUT2D eigenvalue weighted by Crippen LogP contribution is -2.46. The standard InChI is InChI=1S/C17H25NO4/c1-20-13-10-8-12(9-11-13)18-16(17(21-2)22-3)14-6-4-5-7-15(14)19/h8-11,14,16-18H,4-7H2,1-3H3/t14-,16?/m1/s1. The Bertz CT molecular complexity index is 470. The summed E-state index contributed by atoms with van der Waals surface area (Å²) >= 11 is 0. The molecule has 2 rings (SSSR count). The average molecular weight is 307 g/mol. The summed E-state index contributed by atoms with van der Waals surface area (Å²) in [5.74, 6) is 1.00. The van der Waals surface area contributed by atoms with Gasteiger partial charge >= 0.3 is 0 Å². The van der Waals surface area contributed by atoms with E-state index in [9.17, 15) is 4.79 Å². The molecule has 1 aliphatic rings. The fourth-order valence-corrected chi connectivity index (χ4v) is 3.02. The Labute approximate surface area is 131 Å². The Morgan fingerprint density at radius 2 is 1.77 bits per heavy atom. The molecular weight excluding hydrogens is 282 g/mol. The van der Waals surface area contributed by atoms with Gasteiger partial charge in [-0.25, -0.2) is 0 Å². The first kappa shape index (κ1) is 16.8. The summed E-state index contributed by atoms with van der Waals surface area (Å²) in [6.07, 6.45) is 3.10. The molecule has 5 heteroatoms. The third-order valence-electron chi connectivity index (χ3n) is 4.22. The van der Waals surface area contributed by atoms with Gasteiger partial charge in [0.05, 0.1) is 13.2 Å². The fraction of sp³-hybridized carbons (Fsp3) is 0.588. The van der Waals surface area contributed by atoms with Gasteiger partial charge in [-0.05, 0) is 37.1 Å². The lowest BCUT2D eigenvalue weighted by molar-refractivity contribution is -0.140. The van der Waals surface area contributed by atoms with Gasteiger partial charge in [-0.2, -0.15) is 0 Å². The smallest absolute Gasteiger partial charge is 0.177 e. The van der Waals surface area contributed by atoms with Crippen LogP contribution in [0.25, 0.3) is 0 Å². The van der Waals surface area contributed by atoms with Crippen LogP contribution in [0, 0.1) is 5.92 Å². The third kappa shape index (κ3) is 3.99. The fourth-order valence-electron chi connectivity index (χ4n) is 3.02. The predicted molar refractivity (Wildman–Crippen MR) is 85.2 cm³/mol. The molecule has 0 heterocycles. The molecule has 2 atom stereocenters. The molecular formula is C17H25NO4. The van der Waals surface area contributed by atoms with Gasteiger partial charge < -0.3 is 19.5 Å². The molecule has 0 bridgehead atoms. The summed E-state index contributed by atoms with van der Waals surface area (Å²) in [4.78, 5) is 12.3. The Balaban J connectivity index is 2.17. The van der Waals surface area contributed by atoms with Crippen LogP contribution in [0.3, 0.4) is 0 Å². The number of nitrogens with one attached hydrogen (secondary N) is 1. The molecule has 0 radical (unpaired) electrons. The monoisotopic (exact) mass is 307 g/mol. The van der Waals surface area contributed by atoms with Crippen molar-refractivity contribution in [3.05, 3.63) is 24.3 Å². The van der Waals surface area contributed by atoms with E-state index in [2.05, 4.69) is 5.32 Å². The normalized spacial score (nSPS) is 20.0. The number of carbonyl (C=O) groups excluding carboxylic acids is 1. The zero-order valence-corrected chi connectivity index (χ0v) is 13.5. The highest BCUT2D eigenvalue weighted by molar-refractivity contribution is 5.82. The summed E-state index contributed by atoms with van der Waals surface area (Å²) in [7, 11) is 4.84. The van der Waals surface area contributed by atoms with Gasteiger partial charge in [0.2, 0.25) is 0 Å². The second-order valence-electron chi connectivity index (χ2n) is 5.56. The van der Waals surface area contributed by atoms with E-state index in [1.807, 2.05) is 24.3 Å². The van der Waals surface area contributed by atoms with Gasteiger partial charge in [-0.1, -0.05) is 6.42 Å². The van der Waals surface area contributed by atoms with Gasteiger partial charge in [0.1, 0.15) is 11.5 Å². The van der Waals surface area contributed by atoms with Crippen molar-refractivity contribution >= 4 is 11.5 Å². The second-order valence-corrected chi connectivity index (χ2v) is 5.56. The molecule has 1 N–H and O–H groups in total. The molecule has 1 aliphatic carbocycles. The summed E-state index contributed by atoms with van der Waals surface area (Å²) in [5, 5.41) is 3.41. The van der Waals surface area contributed by atoms with Gasteiger partial charge in [0.15, 0.2) is 6.29 Å². The number of hydrogen-bond acceptors (Lipinski definition) is 5. The van der Waals surface area contributed by atoms with Crippen LogP contribution in [0.5, 0.6) is 5.75 Å². The maximum atomic E-state index is 12.3. The van der Waals surface area contributed by atoms with Crippen LogP contribution >= 0.6 is 0 Å². The SMILES string of the molecule is COc1ccc(NC(C(OC)OC)[C@@H]2CCCCC2=O)cc1. The number of Topliss-reactive ketones (excluding diaryl/α,β-unsaturated/α-hetero) is 1. The Kier molecular flexibility index (Phi) is 6.21. The van der Waals surface area contributed by atoms with E-state index in [0.717, 1.165) is 30.7 Å². The van der Waals surface area contributed by atoms with Crippen molar-refractivity contribution < 1.29 is 19.0 Å². The van der Waals surface area contributed by atoms with E-state index in [0.29, 0.717) is 6.42 Å². The molecule has 122 valence electrons. The summed E-state index contributed by atoms with van der Waals surface area (Å²) in [6.45, 7) is 0. The molecule has 0 saturated heterocycles. The molecule has 0 aliphatic heterocycles. The quantitative estimate of drug-likeness (QED) is 0.785. The van der Waals surface area contributed by atoms with E-state index < -0.39 is 6.29 Å². The second kappa shape index (κ2) is 8.15. The van der Waals surface area contributed by atoms with Crippen molar-refractivity contribution in [3.8, 4) is 5.75 Å². The van der Waals surface area contributed by atoms with Crippen LogP contribution in [0.1, 0.15) is 25.7 Å². The van der Waals surface area contributed by atoms with Crippen LogP contribution in [-0.2, 0) is 14.3 Å². The van der Waals surface area contributed by atoms with Crippen molar-refractivity contribution in [2.45, 2.75) is 38.0 Å². The van der Waals surface area contributed by atoms with E-state index in [1.165, 1.54) is 0 Å². The van der Waals surface area contributed by atoms with Crippen molar-refractivity contribution in [2.75, 3.05) is 26.6 Å². The van der Waals surface area contributed by atoms with Gasteiger partial charge in [0.25, 0.3) is 0 Å². The largest absolute Gasteiger partial charge is 0.497 e. The van der Waals surface area contributed by atoms with Crippen LogP contribution < -0.4 is 10.1 Å². The van der Waals surface area contributed by atoms with Crippen molar-refractivity contribution in [2.24, 2.45) is 5.92 Å². The Hall–Kier alpha value is -1.59. The van der Waals surface area contributed by atoms with E-state index >= 15 is 0 Å². The number of rotatable bonds is 7. The zero-order valence-electron chi connectivity index (χ0n) is 13.5. The highest BCUT2D eigenvalue weighted by Gasteiger charge is 2.35. The predicted octanol–water partition coefficient (Wildman–Crippen LogP) is 2.85. The minimum Gasteiger partial charge on any atom is -0.497 e. The first-order valence-electron chi connectivity index (χ1n) is 7.68. The lowest BCUT2D eigenvalue weighted by atomic mass is 9.82. The van der Waals surface area contributed by atoms with Crippen LogP contribution in [0.2, 0.25) is 0 Å². The first-order valence-corrected chi connectivity index (χ1v) is 7.68. The number of ether oxygens (including phenoxy) is 3. The number of carbonyl (C=O) groups is 1. The summed E-state index contributed by atoms with van der Waals surface area (Å²) < 4.78 is 16.0. The van der Waals surface area contributed by atoms with Crippen molar-refractivity contribution in [3.63, 3.8) is 0 Å². The maximum absolute atomic E-state index is 12.3. The first-order chi connectivity index (χ1) is 10.7. The van der Waals surface area contributed by atoms with Gasteiger partial charge in [0, 0.05) is 32.2 Å². The topological polar surface area (TPSA) is 56.8 Å². The van der Waals surface area contributed by atoms with E-state index in [4.69, 9.17) is 14.2 Å². The number of hydrogen-bond donors (Lipinski definition) is 1. The molecule has 0 spiro atoms. The summed E-state index contributed by atoms with van der Waals surface area (Å²) in [5.41, 5.74) is 0.920. The molecule has 1 unspecified atom stereocenters.